The fourth-order valence-corrected chi connectivity index (χ4v) is 4.34. The maximum absolute atomic E-state index is 5.71. The van der Waals surface area contributed by atoms with E-state index in [0.717, 1.165) is 54.6 Å². The van der Waals surface area contributed by atoms with Crippen LogP contribution in [0, 0.1) is 4.77 Å². The van der Waals surface area contributed by atoms with E-state index in [2.05, 4.69) is 17.9 Å². The van der Waals surface area contributed by atoms with Gasteiger partial charge in [-0.05, 0) is 62.3 Å². The Bertz CT molecular complexity index is 1030. The van der Waals surface area contributed by atoms with Crippen molar-refractivity contribution in [3.63, 3.8) is 0 Å². The monoisotopic (exact) mass is 414 g/mol. The first-order valence-corrected chi connectivity index (χ1v) is 10.2. The second kappa shape index (κ2) is 8.42. The van der Waals surface area contributed by atoms with E-state index < -0.39 is 0 Å². The number of benzene rings is 1. The summed E-state index contributed by atoms with van der Waals surface area (Å²) in [5.41, 5.74) is 1.14. The van der Waals surface area contributed by atoms with Crippen molar-refractivity contribution in [1.29, 1.82) is 0 Å². The lowest BCUT2D eigenvalue weighted by molar-refractivity contribution is 0.186. The third-order valence-corrected chi connectivity index (χ3v) is 5.89. The molecule has 7 nitrogen and oxygen atoms in total. The molecular weight excluding hydrogens is 388 g/mol. The number of rotatable bonds is 7. The summed E-state index contributed by atoms with van der Waals surface area (Å²) in [6, 6.07) is 9.96. The summed E-state index contributed by atoms with van der Waals surface area (Å²) in [6.45, 7) is 4.39. The number of likely N-dealkylation sites (tertiary alicyclic amines) is 1. The summed E-state index contributed by atoms with van der Waals surface area (Å²) < 4.78 is 21.2. The van der Waals surface area contributed by atoms with Crippen molar-refractivity contribution in [3.8, 4) is 23.1 Å². The van der Waals surface area contributed by atoms with Crippen LogP contribution in [0.4, 0.5) is 0 Å². The van der Waals surface area contributed by atoms with Crippen molar-refractivity contribution >= 4 is 12.2 Å². The zero-order valence-corrected chi connectivity index (χ0v) is 17.8. The maximum atomic E-state index is 5.71. The lowest BCUT2D eigenvalue weighted by Crippen LogP contribution is -2.27. The molecule has 1 aliphatic rings. The number of aromatic nitrogens is 3. The molecule has 2 aromatic heterocycles. The fourth-order valence-electron chi connectivity index (χ4n) is 4.03. The molecule has 1 fully saturated rings. The molecule has 1 atom stereocenters. The van der Waals surface area contributed by atoms with Crippen LogP contribution in [0.3, 0.4) is 0 Å². The van der Waals surface area contributed by atoms with Crippen LogP contribution in [0.15, 0.2) is 41.0 Å². The SMILES string of the molecule is CCn1c(-c2ccco2)nn(CN2CCC[C@H]2c2cc(OC)ccc2OC)c1=S. The Morgan fingerprint density at radius 3 is 2.79 bits per heavy atom. The van der Waals surface area contributed by atoms with Crippen molar-refractivity contribution in [3.05, 3.63) is 46.9 Å². The van der Waals surface area contributed by atoms with E-state index in [1.165, 1.54) is 0 Å². The van der Waals surface area contributed by atoms with Gasteiger partial charge in [-0.2, -0.15) is 0 Å². The van der Waals surface area contributed by atoms with Gasteiger partial charge in [-0.1, -0.05) is 0 Å². The second-order valence-electron chi connectivity index (χ2n) is 7.05. The van der Waals surface area contributed by atoms with Gasteiger partial charge in [0.25, 0.3) is 0 Å². The minimum Gasteiger partial charge on any atom is -0.497 e. The zero-order valence-electron chi connectivity index (χ0n) is 17.0. The summed E-state index contributed by atoms with van der Waals surface area (Å²) in [6.07, 6.45) is 3.82. The molecule has 3 heterocycles. The number of nitrogens with zero attached hydrogens (tertiary/aromatic N) is 4. The van der Waals surface area contributed by atoms with Crippen molar-refractivity contribution in [1.82, 2.24) is 19.2 Å². The topological polar surface area (TPSA) is 57.6 Å². The van der Waals surface area contributed by atoms with Crippen LogP contribution in [0.2, 0.25) is 0 Å². The number of methoxy groups -OCH3 is 2. The summed E-state index contributed by atoms with van der Waals surface area (Å²) in [4.78, 5) is 2.39. The molecule has 8 heteroatoms. The van der Waals surface area contributed by atoms with E-state index in [4.69, 9.17) is 31.2 Å². The van der Waals surface area contributed by atoms with Crippen LogP contribution in [0.5, 0.6) is 11.5 Å². The highest BCUT2D eigenvalue weighted by atomic mass is 32.1. The van der Waals surface area contributed by atoms with Crippen LogP contribution >= 0.6 is 12.2 Å². The lowest BCUT2D eigenvalue weighted by atomic mass is 10.0. The average molecular weight is 415 g/mol. The molecule has 0 unspecified atom stereocenters. The number of ether oxygens (including phenoxy) is 2. The van der Waals surface area contributed by atoms with Crippen LogP contribution in [0.1, 0.15) is 31.4 Å². The molecule has 3 aromatic rings. The Hall–Kier alpha value is -2.58. The first-order chi connectivity index (χ1) is 14.2. The van der Waals surface area contributed by atoms with Gasteiger partial charge in [0.05, 0.1) is 27.2 Å². The van der Waals surface area contributed by atoms with Crippen LogP contribution in [-0.4, -0.2) is 40.0 Å². The highest BCUT2D eigenvalue weighted by Crippen LogP contribution is 2.39. The van der Waals surface area contributed by atoms with Gasteiger partial charge in [-0.3, -0.25) is 9.47 Å². The Balaban J connectivity index is 1.66. The summed E-state index contributed by atoms with van der Waals surface area (Å²) in [5, 5.41) is 4.78. The minimum absolute atomic E-state index is 0.223. The van der Waals surface area contributed by atoms with E-state index in [9.17, 15) is 0 Å². The number of furan rings is 1. The number of hydrogen-bond acceptors (Lipinski definition) is 6. The molecule has 29 heavy (non-hydrogen) atoms. The van der Waals surface area contributed by atoms with Gasteiger partial charge in [0.1, 0.15) is 11.5 Å². The van der Waals surface area contributed by atoms with E-state index in [-0.39, 0.29) is 6.04 Å². The molecule has 0 bridgehead atoms. The third kappa shape index (κ3) is 3.70. The molecule has 0 spiro atoms. The Morgan fingerprint density at radius 2 is 2.10 bits per heavy atom. The molecule has 0 radical (unpaired) electrons. The zero-order chi connectivity index (χ0) is 20.4. The minimum atomic E-state index is 0.223. The van der Waals surface area contributed by atoms with E-state index in [0.29, 0.717) is 11.4 Å². The quantitative estimate of drug-likeness (QED) is 0.531. The highest BCUT2D eigenvalue weighted by molar-refractivity contribution is 7.71. The Morgan fingerprint density at radius 1 is 1.24 bits per heavy atom. The molecule has 0 aliphatic carbocycles. The van der Waals surface area contributed by atoms with Gasteiger partial charge >= 0.3 is 0 Å². The largest absolute Gasteiger partial charge is 0.497 e. The van der Waals surface area contributed by atoms with Gasteiger partial charge in [-0.25, -0.2) is 4.68 Å². The van der Waals surface area contributed by atoms with E-state index >= 15 is 0 Å². The summed E-state index contributed by atoms with van der Waals surface area (Å²) >= 11 is 5.71. The van der Waals surface area contributed by atoms with Crippen LogP contribution < -0.4 is 9.47 Å². The van der Waals surface area contributed by atoms with Gasteiger partial charge in [-0.15, -0.1) is 5.10 Å². The van der Waals surface area contributed by atoms with Crippen LogP contribution in [-0.2, 0) is 13.2 Å². The van der Waals surface area contributed by atoms with Gasteiger partial charge in [0, 0.05) is 24.7 Å². The molecule has 154 valence electrons. The molecule has 0 N–H and O–H groups in total. The van der Waals surface area contributed by atoms with Gasteiger partial charge in [0.15, 0.2) is 16.4 Å². The summed E-state index contributed by atoms with van der Waals surface area (Å²) in [7, 11) is 3.39. The summed E-state index contributed by atoms with van der Waals surface area (Å²) in [5.74, 6) is 3.20. The predicted octanol–water partition coefficient (Wildman–Crippen LogP) is 4.51. The van der Waals surface area contributed by atoms with Gasteiger partial charge < -0.3 is 13.9 Å². The molecule has 1 saturated heterocycles. The second-order valence-corrected chi connectivity index (χ2v) is 7.41. The smallest absolute Gasteiger partial charge is 0.199 e. The van der Waals surface area contributed by atoms with E-state index in [1.54, 1.807) is 20.5 Å². The van der Waals surface area contributed by atoms with Crippen molar-refractivity contribution in [2.45, 2.75) is 39.0 Å². The fraction of sp³-hybridized carbons (Fsp3) is 0.429. The molecular formula is C21H26N4O3S. The van der Waals surface area contributed by atoms with Crippen molar-refractivity contribution in [2.24, 2.45) is 0 Å². The molecule has 0 amide bonds. The maximum Gasteiger partial charge on any atom is 0.199 e. The predicted molar refractivity (Wildman–Crippen MR) is 113 cm³/mol. The first kappa shape index (κ1) is 19.7. The third-order valence-electron chi connectivity index (χ3n) is 5.46. The highest BCUT2D eigenvalue weighted by Gasteiger charge is 2.30. The van der Waals surface area contributed by atoms with Crippen molar-refractivity contribution < 1.29 is 13.9 Å². The number of hydrogen-bond donors (Lipinski definition) is 0. The standard InChI is InChI=1S/C21H26N4O3S/c1-4-24-20(19-8-6-12-28-19)22-25(21(24)29)14-23-11-5-7-17(23)16-13-15(26-2)9-10-18(16)27-3/h6,8-10,12-13,17H,4-5,7,11,14H2,1-3H3/t17-/m0/s1. The lowest BCUT2D eigenvalue weighted by Gasteiger charge is -2.26. The molecule has 0 saturated carbocycles. The van der Waals surface area contributed by atoms with Crippen LogP contribution in [0.25, 0.3) is 11.6 Å². The Kier molecular flexibility index (Phi) is 5.73. The van der Waals surface area contributed by atoms with E-state index in [1.807, 2.05) is 33.5 Å². The normalized spacial score (nSPS) is 17.0. The average Bonchev–Trinajstić information content (AvgIpc) is 3.49. The van der Waals surface area contributed by atoms with Gasteiger partial charge in [0.2, 0.25) is 0 Å². The van der Waals surface area contributed by atoms with Crippen molar-refractivity contribution in [2.75, 3.05) is 20.8 Å². The first-order valence-electron chi connectivity index (χ1n) is 9.83. The molecule has 1 aliphatic heterocycles. The molecule has 4 rings (SSSR count). The Labute approximate surface area is 175 Å². The molecule has 1 aromatic carbocycles.